The minimum atomic E-state index is -0.283. The van der Waals surface area contributed by atoms with Gasteiger partial charge in [0.05, 0.1) is 0 Å². The second-order valence-corrected chi connectivity index (χ2v) is 6.25. The third-order valence-corrected chi connectivity index (χ3v) is 4.19. The lowest BCUT2D eigenvalue weighted by molar-refractivity contribution is 0.102. The van der Waals surface area contributed by atoms with Gasteiger partial charge in [0.25, 0.3) is 5.91 Å². The van der Waals surface area contributed by atoms with Gasteiger partial charge in [-0.1, -0.05) is 18.2 Å². The molecule has 3 rings (SSSR count). The number of rotatable bonds is 6. The highest BCUT2D eigenvalue weighted by molar-refractivity contribution is 6.02. The first-order valence-electron chi connectivity index (χ1n) is 8.83. The fraction of sp³-hybridized carbons (Fsp3) is 0.190. The molecule has 6 nitrogen and oxygen atoms in total. The van der Waals surface area contributed by atoms with Gasteiger partial charge in [0.1, 0.15) is 0 Å². The standard InChI is InChI=1S/C21H23N5O/c1-4-26(18-8-6-5-7-9-18)20-15-14-19(23-24-20)21(27)22-16-10-12-17(13-11-16)25(2)3/h5-15H,4H2,1-3H3,(H,22,27). The molecule has 0 radical (unpaired) electrons. The highest BCUT2D eigenvalue weighted by Gasteiger charge is 2.12. The van der Waals surface area contributed by atoms with Gasteiger partial charge >= 0.3 is 0 Å². The number of aromatic nitrogens is 2. The first-order chi connectivity index (χ1) is 13.1. The largest absolute Gasteiger partial charge is 0.378 e. The zero-order valence-electron chi connectivity index (χ0n) is 15.8. The zero-order chi connectivity index (χ0) is 19.2. The topological polar surface area (TPSA) is 61.4 Å². The summed E-state index contributed by atoms with van der Waals surface area (Å²) < 4.78 is 0. The maximum atomic E-state index is 12.4. The highest BCUT2D eigenvalue weighted by Crippen LogP contribution is 2.22. The summed E-state index contributed by atoms with van der Waals surface area (Å²) in [7, 11) is 3.94. The number of hydrogen-bond donors (Lipinski definition) is 1. The number of para-hydroxylation sites is 1. The summed E-state index contributed by atoms with van der Waals surface area (Å²) >= 11 is 0. The Morgan fingerprint density at radius 1 is 0.889 bits per heavy atom. The molecule has 1 aromatic heterocycles. The van der Waals surface area contributed by atoms with E-state index >= 15 is 0 Å². The van der Waals surface area contributed by atoms with Crippen molar-refractivity contribution in [2.75, 3.05) is 35.8 Å². The molecule has 0 aliphatic rings. The van der Waals surface area contributed by atoms with E-state index in [4.69, 9.17) is 0 Å². The summed E-state index contributed by atoms with van der Waals surface area (Å²) in [4.78, 5) is 16.5. The molecule has 0 aliphatic carbocycles. The van der Waals surface area contributed by atoms with Gasteiger partial charge in [-0.25, -0.2) is 0 Å². The van der Waals surface area contributed by atoms with Gasteiger partial charge in [-0.3, -0.25) is 4.79 Å². The van der Waals surface area contributed by atoms with Crippen LogP contribution in [0.5, 0.6) is 0 Å². The minimum Gasteiger partial charge on any atom is -0.378 e. The molecule has 0 bridgehead atoms. The number of anilines is 4. The van der Waals surface area contributed by atoms with Crippen LogP contribution in [0, 0.1) is 0 Å². The number of carbonyl (C=O) groups excluding carboxylic acids is 1. The van der Waals surface area contributed by atoms with Crippen LogP contribution in [0.2, 0.25) is 0 Å². The van der Waals surface area contributed by atoms with Crippen molar-refractivity contribution in [3.63, 3.8) is 0 Å². The quantitative estimate of drug-likeness (QED) is 0.720. The average Bonchev–Trinajstić information content (AvgIpc) is 2.70. The highest BCUT2D eigenvalue weighted by atomic mass is 16.1. The summed E-state index contributed by atoms with van der Waals surface area (Å²) in [6.45, 7) is 2.80. The Labute approximate surface area is 159 Å². The van der Waals surface area contributed by atoms with Crippen LogP contribution in [-0.2, 0) is 0 Å². The summed E-state index contributed by atoms with van der Waals surface area (Å²) in [5, 5.41) is 11.2. The van der Waals surface area contributed by atoms with Gasteiger partial charge in [-0.2, -0.15) is 0 Å². The van der Waals surface area contributed by atoms with Gasteiger partial charge in [-0.15, -0.1) is 10.2 Å². The van der Waals surface area contributed by atoms with Gasteiger partial charge in [0.15, 0.2) is 11.5 Å². The first kappa shape index (κ1) is 18.4. The van der Waals surface area contributed by atoms with E-state index in [1.54, 1.807) is 6.07 Å². The predicted octanol–water partition coefficient (Wildman–Crippen LogP) is 3.95. The molecule has 1 N–H and O–H groups in total. The van der Waals surface area contributed by atoms with Crippen LogP contribution in [-0.4, -0.2) is 36.7 Å². The molecule has 138 valence electrons. The fourth-order valence-corrected chi connectivity index (χ4v) is 2.71. The molecule has 6 heteroatoms. The third kappa shape index (κ3) is 4.41. The lowest BCUT2D eigenvalue weighted by Crippen LogP contribution is -2.19. The zero-order valence-corrected chi connectivity index (χ0v) is 15.8. The van der Waals surface area contributed by atoms with Crippen molar-refractivity contribution >= 4 is 28.8 Å². The van der Waals surface area contributed by atoms with Crippen molar-refractivity contribution < 1.29 is 4.79 Å². The van der Waals surface area contributed by atoms with Crippen molar-refractivity contribution in [2.24, 2.45) is 0 Å². The molecule has 1 amide bonds. The Balaban J connectivity index is 1.71. The van der Waals surface area contributed by atoms with Gasteiger partial charge in [-0.05, 0) is 55.5 Å². The molecule has 27 heavy (non-hydrogen) atoms. The number of nitrogens with zero attached hydrogens (tertiary/aromatic N) is 4. The maximum Gasteiger partial charge on any atom is 0.276 e. The lowest BCUT2D eigenvalue weighted by atomic mass is 10.2. The molecule has 0 fully saturated rings. The monoisotopic (exact) mass is 361 g/mol. The third-order valence-electron chi connectivity index (χ3n) is 4.19. The van der Waals surface area contributed by atoms with E-state index in [9.17, 15) is 4.79 Å². The Morgan fingerprint density at radius 3 is 2.15 bits per heavy atom. The molecule has 0 spiro atoms. The molecule has 0 unspecified atom stereocenters. The van der Waals surface area contributed by atoms with Crippen LogP contribution in [0.4, 0.5) is 22.9 Å². The van der Waals surface area contributed by atoms with E-state index in [1.165, 1.54) is 0 Å². The SMILES string of the molecule is CCN(c1ccccc1)c1ccc(C(=O)Nc2ccc(N(C)C)cc2)nn1. The smallest absolute Gasteiger partial charge is 0.276 e. The van der Waals surface area contributed by atoms with E-state index in [-0.39, 0.29) is 11.6 Å². The molecule has 0 saturated heterocycles. The number of amides is 1. The van der Waals surface area contributed by atoms with E-state index in [2.05, 4.69) is 15.5 Å². The summed E-state index contributed by atoms with van der Waals surface area (Å²) in [6, 6.07) is 21.1. The van der Waals surface area contributed by atoms with E-state index in [0.717, 1.165) is 23.6 Å². The molecule has 0 saturated carbocycles. The molecule has 1 heterocycles. The molecule has 0 atom stereocenters. The minimum absolute atomic E-state index is 0.277. The Kier molecular flexibility index (Phi) is 5.66. The molecule has 0 aliphatic heterocycles. The number of carbonyl (C=O) groups is 1. The Bertz CT molecular complexity index is 877. The second-order valence-electron chi connectivity index (χ2n) is 6.25. The van der Waals surface area contributed by atoms with Crippen LogP contribution in [0.15, 0.2) is 66.7 Å². The van der Waals surface area contributed by atoms with Crippen molar-refractivity contribution in [3.8, 4) is 0 Å². The molecular weight excluding hydrogens is 338 g/mol. The summed E-state index contributed by atoms with van der Waals surface area (Å²) in [5.74, 6) is 0.421. The Hall–Kier alpha value is -3.41. The van der Waals surface area contributed by atoms with Crippen molar-refractivity contribution in [2.45, 2.75) is 6.92 Å². The van der Waals surface area contributed by atoms with Crippen LogP contribution in [0.3, 0.4) is 0 Å². The van der Waals surface area contributed by atoms with Crippen molar-refractivity contribution in [3.05, 3.63) is 72.4 Å². The van der Waals surface area contributed by atoms with Crippen LogP contribution in [0.1, 0.15) is 17.4 Å². The first-order valence-corrected chi connectivity index (χ1v) is 8.83. The van der Waals surface area contributed by atoms with Crippen LogP contribution in [0.25, 0.3) is 0 Å². The average molecular weight is 361 g/mol. The summed E-state index contributed by atoms with van der Waals surface area (Å²) in [5.41, 5.74) is 3.10. The second kappa shape index (κ2) is 8.31. The van der Waals surface area contributed by atoms with Crippen molar-refractivity contribution in [1.29, 1.82) is 0 Å². The number of hydrogen-bond acceptors (Lipinski definition) is 5. The molecule has 3 aromatic rings. The van der Waals surface area contributed by atoms with Gasteiger partial charge in [0, 0.05) is 37.7 Å². The lowest BCUT2D eigenvalue weighted by Gasteiger charge is -2.21. The van der Waals surface area contributed by atoms with E-state index in [1.807, 2.05) is 91.5 Å². The molecular formula is C21H23N5O. The van der Waals surface area contributed by atoms with E-state index in [0.29, 0.717) is 5.82 Å². The van der Waals surface area contributed by atoms with Gasteiger partial charge in [0.2, 0.25) is 0 Å². The summed E-state index contributed by atoms with van der Waals surface area (Å²) in [6.07, 6.45) is 0. The van der Waals surface area contributed by atoms with Gasteiger partial charge < -0.3 is 15.1 Å². The van der Waals surface area contributed by atoms with Crippen LogP contribution < -0.4 is 15.1 Å². The fourth-order valence-electron chi connectivity index (χ4n) is 2.71. The maximum absolute atomic E-state index is 12.4. The Morgan fingerprint density at radius 2 is 1.59 bits per heavy atom. The van der Waals surface area contributed by atoms with Crippen molar-refractivity contribution in [1.82, 2.24) is 10.2 Å². The predicted molar refractivity (Wildman–Crippen MR) is 110 cm³/mol. The number of benzene rings is 2. The molecule has 2 aromatic carbocycles. The van der Waals surface area contributed by atoms with Crippen LogP contribution >= 0.6 is 0 Å². The normalized spacial score (nSPS) is 10.3. The van der Waals surface area contributed by atoms with E-state index < -0.39 is 0 Å². The number of nitrogens with one attached hydrogen (secondary N) is 1.